The third-order valence-corrected chi connectivity index (χ3v) is 7.13. The minimum Gasteiger partial charge on any atom is -0.493 e. The van der Waals surface area contributed by atoms with Crippen LogP contribution in [0.5, 0.6) is 11.5 Å². The van der Waals surface area contributed by atoms with Gasteiger partial charge in [-0.05, 0) is 67.2 Å². The van der Waals surface area contributed by atoms with Crippen LogP contribution in [0.15, 0.2) is 36.4 Å². The lowest BCUT2D eigenvalue weighted by atomic mass is 9.92. The second kappa shape index (κ2) is 9.47. The number of hydrogen-bond donors (Lipinski definition) is 0. The number of carbonyl (C=O) groups is 3. The lowest BCUT2D eigenvalue weighted by Crippen LogP contribution is -2.53. The standard InChI is InChI=1S/C25H28N2O5S/c1-15-19-14-22(32-3)21(31-2)13-16(19)9-11-26(15)25(30)20(10-12-33-4)27-23(28)17-7-5-6-8-18(17)24(27)29/h5-8,13-15,20H,9-12H2,1-4H3/t15-,20+/m1/s1. The molecule has 0 radical (unpaired) electrons. The smallest absolute Gasteiger partial charge is 0.262 e. The van der Waals surface area contributed by atoms with Crippen LogP contribution >= 0.6 is 11.8 Å². The summed E-state index contributed by atoms with van der Waals surface area (Å²) in [6.45, 7) is 2.47. The molecule has 0 aromatic heterocycles. The molecular formula is C25H28N2O5S. The molecule has 0 saturated carbocycles. The molecule has 0 spiro atoms. The van der Waals surface area contributed by atoms with Gasteiger partial charge < -0.3 is 14.4 Å². The molecule has 0 bridgehead atoms. The first kappa shape index (κ1) is 23.2. The van der Waals surface area contributed by atoms with Gasteiger partial charge in [-0.15, -0.1) is 0 Å². The molecule has 2 atom stereocenters. The van der Waals surface area contributed by atoms with Crippen LogP contribution in [-0.4, -0.2) is 66.3 Å². The normalized spacial score (nSPS) is 18.1. The third kappa shape index (κ3) is 3.97. The second-order valence-corrected chi connectivity index (χ2v) is 9.17. The van der Waals surface area contributed by atoms with Crippen molar-refractivity contribution in [3.8, 4) is 11.5 Å². The zero-order valence-corrected chi connectivity index (χ0v) is 20.1. The first-order valence-corrected chi connectivity index (χ1v) is 12.3. The number of amides is 3. The SMILES string of the molecule is COc1cc2c(cc1OC)[C@@H](C)N(C(=O)[C@H](CCSC)N1C(=O)c3ccccc3C1=O)CC2. The van der Waals surface area contributed by atoms with Gasteiger partial charge in [0.25, 0.3) is 11.8 Å². The van der Waals surface area contributed by atoms with Crippen LogP contribution < -0.4 is 9.47 Å². The van der Waals surface area contributed by atoms with E-state index in [0.717, 1.165) is 11.1 Å². The lowest BCUT2D eigenvalue weighted by Gasteiger charge is -2.39. The summed E-state index contributed by atoms with van der Waals surface area (Å²) in [5.74, 6) is 0.932. The maximum atomic E-state index is 13.8. The van der Waals surface area contributed by atoms with Crippen molar-refractivity contribution in [2.24, 2.45) is 0 Å². The molecule has 2 heterocycles. The largest absolute Gasteiger partial charge is 0.493 e. The van der Waals surface area contributed by atoms with E-state index in [4.69, 9.17) is 9.47 Å². The van der Waals surface area contributed by atoms with Crippen molar-refractivity contribution in [1.82, 2.24) is 9.80 Å². The highest BCUT2D eigenvalue weighted by Gasteiger charge is 2.44. The van der Waals surface area contributed by atoms with Gasteiger partial charge in [0.15, 0.2) is 11.5 Å². The Morgan fingerprint density at radius 1 is 1.09 bits per heavy atom. The van der Waals surface area contributed by atoms with Gasteiger partial charge in [0, 0.05) is 6.54 Å². The van der Waals surface area contributed by atoms with Gasteiger partial charge in [-0.1, -0.05) is 12.1 Å². The Kier molecular flexibility index (Phi) is 6.65. The van der Waals surface area contributed by atoms with Crippen LogP contribution in [0.1, 0.15) is 51.2 Å². The molecule has 3 amide bonds. The highest BCUT2D eigenvalue weighted by atomic mass is 32.2. The van der Waals surface area contributed by atoms with Crippen LogP contribution in [0, 0.1) is 0 Å². The number of fused-ring (bicyclic) bond motifs is 2. The van der Waals surface area contributed by atoms with Crippen molar-refractivity contribution in [2.75, 3.05) is 32.8 Å². The van der Waals surface area contributed by atoms with Crippen molar-refractivity contribution < 1.29 is 23.9 Å². The number of nitrogens with zero attached hydrogens (tertiary/aromatic N) is 2. The molecule has 0 unspecified atom stereocenters. The predicted molar refractivity (Wildman–Crippen MR) is 127 cm³/mol. The van der Waals surface area contributed by atoms with E-state index in [1.165, 1.54) is 4.90 Å². The molecule has 0 fully saturated rings. The number of rotatable bonds is 7. The van der Waals surface area contributed by atoms with Crippen LogP contribution in [-0.2, 0) is 11.2 Å². The summed E-state index contributed by atoms with van der Waals surface area (Å²) in [6, 6.07) is 9.56. The molecule has 174 valence electrons. The Balaban J connectivity index is 1.66. The molecule has 4 rings (SSSR count). The Morgan fingerprint density at radius 2 is 1.70 bits per heavy atom. The molecular weight excluding hydrogens is 440 g/mol. The monoisotopic (exact) mass is 468 g/mol. The number of ether oxygens (including phenoxy) is 2. The highest BCUT2D eigenvalue weighted by Crippen LogP contribution is 2.39. The molecule has 2 aliphatic heterocycles. The van der Waals surface area contributed by atoms with Crippen molar-refractivity contribution in [2.45, 2.75) is 31.8 Å². The summed E-state index contributed by atoms with van der Waals surface area (Å²) < 4.78 is 10.9. The maximum absolute atomic E-state index is 13.8. The fourth-order valence-corrected chi connectivity index (χ4v) is 5.18. The van der Waals surface area contributed by atoms with Crippen LogP contribution in [0.4, 0.5) is 0 Å². The van der Waals surface area contributed by atoms with Gasteiger partial charge in [0.2, 0.25) is 5.91 Å². The molecule has 2 aromatic rings. The number of hydrogen-bond acceptors (Lipinski definition) is 6. The van der Waals surface area contributed by atoms with Gasteiger partial charge in [-0.25, -0.2) is 0 Å². The molecule has 2 aliphatic rings. The van der Waals surface area contributed by atoms with Crippen molar-refractivity contribution >= 4 is 29.5 Å². The van der Waals surface area contributed by atoms with E-state index in [-0.39, 0.29) is 11.9 Å². The second-order valence-electron chi connectivity index (χ2n) is 8.19. The molecule has 2 aromatic carbocycles. The Morgan fingerprint density at radius 3 is 2.27 bits per heavy atom. The zero-order chi connectivity index (χ0) is 23.7. The lowest BCUT2D eigenvalue weighted by molar-refractivity contribution is -0.138. The molecule has 7 nitrogen and oxygen atoms in total. The summed E-state index contributed by atoms with van der Waals surface area (Å²) in [6.07, 6.45) is 3.01. The Labute approximate surface area is 198 Å². The average molecular weight is 469 g/mol. The summed E-state index contributed by atoms with van der Waals surface area (Å²) in [7, 11) is 3.19. The number of imide groups is 1. The van der Waals surface area contributed by atoms with Gasteiger partial charge in [-0.2, -0.15) is 11.8 Å². The van der Waals surface area contributed by atoms with Crippen molar-refractivity contribution in [3.63, 3.8) is 0 Å². The van der Waals surface area contributed by atoms with E-state index < -0.39 is 17.9 Å². The fraction of sp³-hybridized carbons (Fsp3) is 0.400. The van der Waals surface area contributed by atoms with Crippen LogP contribution in [0.2, 0.25) is 0 Å². The molecule has 0 aliphatic carbocycles. The third-order valence-electron chi connectivity index (χ3n) is 6.49. The van der Waals surface area contributed by atoms with Crippen molar-refractivity contribution in [1.29, 1.82) is 0 Å². The van der Waals surface area contributed by atoms with E-state index >= 15 is 0 Å². The van der Waals surface area contributed by atoms with E-state index in [1.54, 1.807) is 55.1 Å². The summed E-state index contributed by atoms with van der Waals surface area (Å²) in [5.41, 5.74) is 2.81. The first-order chi connectivity index (χ1) is 15.9. The van der Waals surface area contributed by atoms with Crippen LogP contribution in [0.25, 0.3) is 0 Å². The number of thioether (sulfide) groups is 1. The topological polar surface area (TPSA) is 76.2 Å². The fourth-order valence-electron chi connectivity index (χ4n) is 4.72. The van der Waals surface area contributed by atoms with Crippen molar-refractivity contribution in [3.05, 3.63) is 58.7 Å². The van der Waals surface area contributed by atoms with Gasteiger partial charge in [-0.3, -0.25) is 19.3 Å². The molecule has 0 N–H and O–H groups in total. The number of carbonyl (C=O) groups excluding carboxylic acids is 3. The zero-order valence-electron chi connectivity index (χ0n) is 19.3. The first-order valence-electron chi connectivity index (χ1n) is 10.9. The van der Waals surface area contributed by atoms with E-state index in [2.05, 4.69) is 0 Å². The van der Waals surface area contributed by atoms with Crippen LogP contribution in [0.3, 0.4) is 0 Å². The summed E-state index contributed by atoms with van der Waals surface area (Å²) in [4.78, 5) is 43.1. The van der Waals surface area contributed by atoms with Gasteiger partial charge in [0.05, 0.1) is 31.4 Å². The molecule has 33 heavy (non-hydrogen) atoms. The highest BCUT2D eigenvalue weighted by molar-refractivity contribution is 7.98. The van der Waals surface area contributed by atoms with Gasteiger partial charge >= 0.3 is 0 Å². The van der Waals surface area contributed by atoms with E-state index in [1.807, 2.05) is 25.3 Å². The van der Waals surface area contributed by atoms with E-state index in [9.17, 15) is 14.4 Å². The Bertz CT molecular complexity index is 1070. The summed E-state index contributed by atoms with van der Waals surface area (Å²) >= 11 is 1.59. The quantitative estimate of drug-likeness (QED) is 0.579. The average Bonchev–Trinajstić information content (AvgIpc) is 3.09. The number of methoxy groups -OCH3 is 2. The predicted octanol–water partition coefficient (Wildman–Crippen LogP) is 3.57. The minimum absolute atomic E-state index is 0.202. The minimum atomic E-state index is -0.839. The Hall–Kier alpha value is -3.00. The summed E-state index contributed by atoms with van der Waals surface area (Å²) in [5, 5.41) is 0. The molecule has 0 saturated heterocycles. The molecule has 8 heteroatoms. The number of benzene rings is 2. The maximum Gasteiger partial charge on any atom is 0.262 e. The van der Waals surface area contributed by atoms with E-state index in [0.29, 0.717) is 47.8 Å². The van der Waals surface area contributed by atoms with Gasteiger partial charge in [0.1, 0.15) is 6.04 Å².